The Hall–Kier alpha value is -2.64. The summed E-state index contributed by atoms with van der Waals surface area (Å²) in [6.45, 7) is 7.69. The van der Waals surface area contributed by atoms with Crippen molar-refractivity contribution >= 4 is 17.7 Å². The molecule has 1 aromatic carbocycles. The summed E-state index contributed by atoms with van der Waals surface area (Å²) in [4.78, 5) is 15.8. The van der Waals surface area contributed by atoms with Crippen molar-refractivity contribution in [1.82, 2.24) is 10.6 Å². The molecule has 8 heteroatoms. The average molecular weight is 364 g/mol. The Kier molecular flexibility index (Phi) is 6.94. The number of alkyl carbamates (subject to hydrolysis) is 1. The van der Waals surface area contributed by atoms with Gasteiger partial charge in [0.25, 0.3) is 0 Å². The largest absolute Gasteiger partial charge is 0.490 e. The van der Waals surface area contributed by atoms with Gasteiger partial charge in [-0.15, -0.1) is 0 Å². The minimum Gasteiger partial charge on any atom is -0.490 e. The van der Waals surface area contributed by atoms with Crippen LogP contribution in [0.4, 0.5) is 10.5 Å². The van der Waals surface area contributed by atoms with Crippen LogP contribution in [0, 0.1) is 0 Å². The van der Waals surface area contributed by atoms with E-state index in [2.05, 4.69) is 20.9 Å². The highest BCUT2D eigenvalue weighted by Gasteiger charge is 2.15. The normalized spacial score (nSPS) is 14.2. The summed E-state index contributed by atoms with van der Waals surface area (Å²) in [7, 11) is 1.68. The van der Waals surface area contributed by atoms with E-state index in [0.29, 0.717) is 32.3 Å². The molecule has 0 spiro atoms. The van der Waals surface area contributed by atoms with E-state index in [-0.39, 0.29) is 0 Å². The molecule has 0 fully saturated rings. The molecule has 0 saturated carbocycles. The molecule has 8 nitrogen and oxygen atoms in total. The first-order valence-corrected chi connectivity index (χ1v) is 8.71. The molecule has 0 atom stereocenters. The lowest BCUT2D eigenvalue weighted by Gasteiger charge is -2.20. The van der Waals surface area contributed by atoms with Crippen LogP contribution in [0.15, 0.2) is 23.2 Å². The van der Waals surface area contributed by atoms with Crippen molar-refractivity contribution < 1.29 is 19.0 Å². The second kappa shape index (κ2) is 9.17. The van der Waals surface area contributed by atoms with Crippen LogP contribution in [0.5, 0.6) is 11.5 Å². The van der Waals surface area contributed by atoms with Gasteiger partial charge < -0.3 is 30.2 Å². The van der Waals surface area contributed by atoms with E-state index in [1.807, 2.05) is 39.0 Å². The molecular formula is C18H28N4O4. The lowest BCUT2D eigenvalue weighted by Crippen LogP contribution is -2.39. The van der Waals surface area contributed by atoms with Crippen LogP contribution in [0.1, 0.15) is 27.2 Å². The number of aliphatic imine (C=N–C) groups is 1. The molecule has 0 radical (unpaired) electrons. The zero-order valence-electron chi connectivity index (χ0n) is 15.8. The number of ether oxygens (including phenoxy) is 3. The molecule has 26 heavy (non-hydrogen) atoms. The highest BCUT2D eigenvalue weighted by atomic mass is 16.6. The zero-order valence-corrected chi connectivity index (χ0v) is 15.8. The molecule has 1 heterocycles. The monoisotopic (exact) mass is 364 g/mol. The van der Waals surface area contributed by atoms with E-state index < -0.39 is 11.7 Å². The number of carbonyl (C=O) groups is 1. The van der Waals surface area contributed by atoms with Crippen molar-refractivity contribution in [2.24, 2.45) is 4.99 Å². The number of fused-ring (bicyclic) bond motifs is 1. The van der Waals surface area contributed by atoms with Crippen molar-refractivity contribution in [3.63, 3.8) is 0 Å². The molecule has 1 aromatic rings. The third-order valence-electron chi connectivity index (χ3n) is 3.32. The Morgan fingerprint density at radius 2 is 1.85 bits per heavy atom. The number of hydrogen-bond acceptors (Lipinski definition) is 5. The maximum absolute atomic E-state index is 11.6. The second-order valence-corrected chi connectivity index (χ2v) is 6.76. The number of rotatable bonds is 4. The Morgan fingerprint density at radius 1 is 1.15 bits per heavy atom. The summed E-state index contributed by atoms with van der Waals surface area (Å²) < 4.78 is 16.5. The molecule has 2 rings (SSSR count). The van der Waals surface area contributed by atoms with Crippen molar-refractivity contribution in [1.29, 1.82) is 0 Å². The topological polar surface area (TPSA) is 93.2 Å². The lowest BCUT2D eigenvalue weighted by atomic mass is 10.2. The summed E-state index contributed by atoms with van der Waals surface area (Å²) in [5.41, 5.74) is 0.328. The molecule has 1 aliphatic heterocycles. The summed E-state index contributed by atoms with van der Waals surface area (Å²) in [5.74, 6) is 2.05. The Morgan fingerprint density at radius 3 is 2.54 bits per heavy atom. The maximum atomic E-state index is 11.6. The van der Waals surface area contributed by atoms with Gasteiger partial charge in [-0.3, -0.25) is 4.99 Å². The van der Waals surface area contributed by atoms with E-state index in [9.17, 15) is 4.79 Å². The molecule has 1 amide bonds. The molecule has 0 aromatic heterocycles. The highest BCUT2D eigenvalue weighted by molar-refractivity contribution is 5.93. The average Bonchev–Trinajstić information content (AvgIpc) is 2.80. The van der Waals surface area contributed by atoms with Crippen LogP contribution in [-0.4, -0.2) is 51.0 Å². The predicted octanol–water partition coefficient (Wildman–Crippen LogP) is 2.36. The van der Waals surface area contributed by atoms with Gasteiger partial charge in [-0.1, -0.05) is 0 Å². The Labute approximate surface area is 154 Å². The van der Waals surface area contributed by atoms with Gasteiger partial charge >= 0.3 is 6.09 Å². The fraction of sp³-hybridized carbons (Fsp3) is 0.556. The second-order valence-electron chi connectivity index (χ2n) is 6.76. The van der Waals surface area contributed by atoms with Crippen molar-refractivity contribution in [3.8, 4) is 11.5 Å². The molecule has 0 aliphatic carbocycles. The van der Waals surface area contributed by atoms with Crippen LogP contribution < -0.4 is 25.4 Å². The number of amides is 1. The fourth-order valence-corrected chi connectivity index (χ4v) is 2.22. The third-order valence-corrected chi connectivity index (χ3v) is 3.32. The maximum Gasteiger partial charge on any atom is 0.407 e. The summed E-state index contributed by atoms with van der Waals surface area (Å²) in [6.07, 6.45) is 0.427. The quantitative estimate of drug-likeness (QED) is 0.431. The number of anilines is 1. The zero-order chi connectivity index (χ0) is 19.0. The van der Waals surface area contributed by atoms with Crippen molar-refractivity contribution in [2.75, 3.05) is 38.7 Å². The van der Waals surface area contributed by atoms with Crippen LogP contribution in [0.25, 0.3) is 0 Å². The van der Waals surface area contributed by atoms with Gasteiger partial charge in [0.1, 0.15) is 5.60 Å². The molecule has 1 aliphatic rings. The minimum absolute atomic E-state index is 0.413. The molecule has 0 bridgehead atoms. The molecular weight excluding hydrogens is 336 g/mol. The van der Waals surface area contributed by atoms with Gasteiger partial charge in [-0.05, 0) is 32.9 Å². The van der Waals surface area contributed by atoms with Gasteiger partial charge in [0, 0.05) is 38.3 Å². The minimum atomic E-state index is -0.508. The summed E-state index contributed by atoms with van der Waals surface area (Å²) >= 11 is 0. The van der Waals surface area contributed by atoms with Gasteiger partial charge in [0.2, 0.25) is 0 Å². The summed E-state index contributed by atoms with van der Waals surface area (Å²) in [6, 6.07) is 5.66. The molecule has 3 N–H and O–H groups in total. The van der Waals surface area contributed by atoms with E-state index >= 15 is 0 Å². The van der Waals surface area contributed by atoms with Crippen molar-refractivity contribution in [2.45, 2.75) is 32.8 Å². The lowest BCUT2D eigenvalue weighted by molar-refractivity contribution is 0.0529. The van der Waals surface area contributed by atoms with Crippen LogP contribution in [0.2, 0.25) is 0 Å². The molecule has 0 unspecified atom stereocenters. The van der Waals surface area contributed by atoms with Crippen LogP contribution in [0.3, 0.4) is 0 Å². The van der Waals surface area contributed by atoms with Gasteiger partial charge in [0.15, 0.2) is 17.5 Å². The summed E-state index contributed by atoms with van der Waals surface area (Å²) in [5, 5.41) is 9.00. The van der Waals surface area contributed by atoms with E-state index in [0.717, 1.165) is 23.6 Å². The van der Waals surface area contributed by atoms with Gasteiger partial charge in [-0.25, -0.2) is 4.79 Å². The molecule has 0 saturated heterocycles. The van der Waals surface area contributed by atoms with Gasteiger partial charge in [-0.2, -0.15) is 0 Å². The number of nitrogens with zero attached hydrogens (tertiary/aromatic N) is 1. The van der Waals surface area contributed by atoms with E-state index in [1.54, 1.807) is 7.05 Å². The number of hydrogen-bond donors (Lipinski definition) is 3. The van der Waals surface area contributed by atoms with Gasteiger partial charge in [0.05, 0.1) is 13.2 Å². The smallest absolute Gasteiger partial charge is 0.407 e. The van der Waals surface area contributed by atoms with Crippen molar-refractivity contribution in [3.05, 3.63) is 18.2 Å². The fourth-order valence-electron chi connectivity index (χ4n) is 2.22. The first-order valence-electron chi connectivity index (χ1n) is 8.71. The first kappa shape index (κ1) is 19.7. The number of benzene rings is 1. The predicted molar refractivity (Wildman–Crippen MR) is 101 cm³/mol. The first-order chi connectivity index (χ1) is 12.4. The third kappa shape index (κ3) is 6.70. The molecule has 144 valence electrons. The highest BCUT2D eigenvalue weighted by Crippen LogP contribution is 2.32. The van der Waals surface area contributed by atoms with Crippen LogP contribution in [-0.2, 0) is 4.74 Å². The Balaban J connectivity index is 1.79. The Bertz CT molecular complexity index is 641. The number of guanidine groups is 1. The van der Waals surface area contributed by atoms with Crippen LogP contribution >= 0.6 is 0 Å². The number of nitrogens with one attached hydrogen (secondary N) is 3. The van der Waals surface area contributed by atoms with E-state index in [4.69, 9.17) is 14.2 Å². The van der Waals surface area contributed by atoms with E-state index in [1.165, 1.54) is 0 Å². The standard InChI is InChI=1S/C18H28N4O4/c1-18(2,3)26-17(23)21-9-8-20-16(19-4)22-13-6-7-14-15(12-13)25-11-5-10-24-14/h6-7,12H,5,8-11H2,1-4H3,(H,21,23)(H2,19,20,22). The SMILES string of the molecule is CN=C(NCCNC(=O)OC(C)(C)C)Nc1ccc2c(c1)OCCCO2. The number of carbonyl (C=O) groups excluding carboxylic acids is 1.